The van der Waals surface area contributed by atoms with Crippen LogP contribution in [-0.4, -0.2) is 39.9 Å². The number of benzene rings is 1. The molecule has 180 valence electrons. The summed E-state index contributed by atoms with van der Waals surface area (Å²) in [6, 6.07) is 5.69. The lowest BCUT2D eigenvalue weighted by Gasteiger charge is -2.26. The normalized spacial score (nSPS) is 18.3. The minimum absolute atomic E-state index is 0.241. The summed E-state index contributed by atoms with van der Waals surface area (Å²) in [6.45, 7) is 4.28. The van der Waals surface area contributed by atoms with Gasteiger partial charge < -0.3 is 9.30 Å². The van der Waals surface area contributed by atoms with Crippen molar-refractivity contribution in [1.29, 1.82) is 0 Å². The Morgan fingerprint density at radius 3 is 2.33 bits per heavy atom. The van der Waals surface area contributed by atoms with Gasteiger partial charge in [-0.1, -0.05) is 25.7 Å². The molecule has 1 aromatic heterocycles. The van der Waals surface area contributed by atoms with Gasteiger partial charge in [0.2, 0.25) is 0 Å². The number of rotatable bonds is 6. The lowest BCUT2D eigenvalue weighted by Crippen LogP contribution is -2.45. The first-order valence-electron chi connectivity index (χ1n) is 11.8. The van der Waals surface area contributed by atoms with E-state index in [9.17, 15) is 18.0 Å². The van der Waals surface area contributed by atoms with E-state index in [0.29, 0.717) is 23.0 Å². The lowest BCUT2D eigenvalue weighted by molar-refractivity contribution is -0.274. The maximum absolute atomic E-state index is 13.1. The van der Waals surface area contributed by atoms with Crippen molar-refractivity contribution in [3.05, 3.63) is 35.7 Å². The van der Waals surface area contributed by atoms with Gasteiger partial charge in [-0.05, 0) is 62.8 Å². The van der Waals surface area contributed by atoms with Gasteiger partial charge in [0, 0.05) is 30.9 Å². The molecule has 1 saturated heterocycles. The summed E-state index contributed by atoms with van der Waals surface area (Å²) in [4.78, 5) is 17.7. The Bertz CT molecular complexity index is 944. The second-order valence-corrected chi connectivity index (χ2v) is 9.04. The number of alkyl halides is 3. The third-order valence-electron chi connectivity index (χ3n) is 6.56. The SMILES string of the molecule is Cc1c(C(=O)NN2CCCCC2)nc(-c2ccc(OC(F)(F)F)cc2)n1CC1CCCCC1. The average Bonchev–Trinajstić information content (AvgIpc) is 3.11. The van der Waals surface area contributed by atoms with Crippen LogP contribution in [0.3, 0.4) is 0 Å². The molecule has 2 fully saturated rings. The highest BCUT2D eigenvalue weighted by Gasteiger charge is 2.31. The van der Waals surface area contributed by atoms with Gasteiger partial charge in [0.25, 0.3) is 5.91 Å². The Hall–Kier alpha value is -2.55. The molecule has 1 aliphatic carbocycles. The average molecular weight is 465 g/mol. The van der Waals surface area contributed by atoms with Crippen molar-refractivity contribution in [2.24, 2.45) is 5.92 Å². The fourth-order valence-electron chi connectivity index (χ4n) is 4.83. The van der Waals surface area contributed by atoms with E-state index in [4.69, 9.17) is 0 Å². The Morgan fingerprint density at radius 1 is 1.06 bits per heavy atom. The largest absolute Gasteiger partial charge is 0.573 e. The van der Waals surface area contributed by atoms with E-state index in [1.807, 2.05) is 11.9 Å². The molecule has 2 heterocycles. The molecule has 2 aromatic rings. The van der Waals surface area contributed by atoms with Crippen LogP contribution in [0.15, 0.2) is 24.3 Å². The summed E-state index contributed by atoms with van der Waals surface area (Å²) in [5.41, 5.74) is 4.77. The van der Waals surface area contributed by atoms with Gasteiger partial charge in [-0.3, -0.25) is 10.2 Å². The number of nitrogens with one attached hydrogen (secondary N) is 1. The summed E-state index contributed by atoms with van der Waals surface area (Å²) >= 11 is 0. The van der Waals surface area contributed by atoms with Crippen molar-refractivity contribution in [2.75, 3.05) is 13.1 Å². The number of carbonyl (C=O) groups is 1. The first kappa shape index (κ1) is 23.6. The Balaban J connectivity index is 1.62. The molecular formula is C24H31F3N4O2. The number of hydrazine groups is 1. The molecule has 1 N–H and O–H groups in total. The molecule has 4 rings (SSSR count). The van der Waals surface area contributed by atoms with E-state index in [2.05, 4.69) is 19.7 Å². The van der Waals surface area contributed by atoms with Gasteiger partial charge in [-0.25, -0.2) is 9.99 Å². The monoisotopic (exact) mass is 464 g/mol. The zero-order valence-electron chi connectivity index (χ0n) is 19.0. The molecule has 2 aliphatic rings. The highest BCUT2D eigenvalue weighted by Crippen LogP contribution is 2.31. The zero-order valence-corrected chi connectivity index (χ0v) is 19.0. The first-order chi connectivity index (χ1) is 15.8. The van der Waals surface area contributed by atoms with Gasteiger partial charge in [-0.2, -0.15) is 0 Å². The van der Waals surface area contributed by atoms with Gasteiger partial charge in [0.1, 0.15) is 11.6 Å². The minimum atomic E-state index is -4.74. The number of aromatic nitrogens is 2. The number of imidazole rings is 1. The Labute approximate surface area is 192 Å². The smallest absolute Gasteiger partial charge is 0.406 e. The molecule has 33 heavy (non-hydrogen) atoms. The van der Waals surface area contributed by atoms with Crippen LogP contribution in [0.1, 0.15) is 67.5 Å². The number of nitrogens with zero attached hydrogens (tertiary/aromatic N) is 3. The zero-order chi connectivity index (χ0) is 23.4. The molecule has 0 spiro atoms. The van der Waals surface area contributed by atoms with Gasteiger partial charge in [0.05, 0.1) is 0 Å². The number of carbonyl (C=O) groups excluding carboxylic acids is 1. The molecule has 0 atom stereocenters. The number of hydrogen-bond acceptors (Lipinski definition) is 4. The van der Waals surface area contributed by atoms with Crippen LogP contribution in [0.4, 0.5) is 13.2 Å². The Kier molecular flexibility index (Phi) is 7.26. The number of halogens is 3. The first-order valence-corrected chi connectivity index (χ1v) is 11.8. The molecule has 0 unspecified atom stereocenters. The van der Waals surface area contributed by atoms with Crippen LogP contribution in [0.5, 0.6) is 5.75 Å². The standard InChI is InChI=1S/C24H31F3N4O2/c1-17-21(23(32)29-30-14-6-3-7-15-30)28-22(31(17)16-18-8-4-2-5-9-18)19-10-12-20(13-11-19)33-24(25,26)27/h10-13,18H,2-9,14-16H2,1H3,(H,29,32). The third-order valence-corrected chi connectivity index (χ3v) is 6.56. The van der Waals surface area contributed by atoms with Crippen LogP contribution < -0.4 is 10.2 Å². The fraction of sp³-hybridized carbons (Fsp3) is 0.583. The molecule has 9 heteroatoms. The number of hydrogen-bond donors (Lipinski definition) is 1. The molecule has 1 saturated carbocycles. The number of ether oxygens (including phenoxy) is 1. The van der Waals surface area contributed by atoms with Crippen LogP contribution in [0.2, 0.25) is 0 Å². The number of amides is 1. The third kappa shape index (κ3) is 6.07. The van der Waals surface area contributed by atoms with Crippen LogP contribution in [-0.2, 0) is 6.54 Å². The Morgan fingerprint density at radius 2 is 1.70 bits per heavy atom. The maximum atomic E-state index is 13.1. The summed E-state index contributed by atoms with van der Waals surface area (Å²) < 4.78 is 43.7. The molecular weight excluding hydrogens is 433 g/mol. The molecule has 0 radical (unpaired) electrons. The lowest BCUT2D eigenvalue weighted by atomic mass is 9.89. The van der Waals surface area contributed by atoms with Crippen LogP contribution in [0, 0.1) is 12.8 Å². The highest BCUT2D eigenvalue weighted by atomic mass is 19.4. The molecule has 0 bridgehead atoms. The highest BCUT2D eigenvalue weighted by molar-refractivity contribution is 5.93. The van der Waals surface area contributed by atoms with Gasteiger partial charge >= 0.3 is 6.36 Å². The predicted molar refractivity (Wildman–Crippen MR) is 119 cm³/mol. The summed E-state index contributed by atoms with van der Waals surface area (Å²) in [5.74, 6) is 0.572. The van der Waals surface area contributed by atoms with Crippen LogP contribution in [0.25, 0.3) is 11.4 Å². The van der Waals surface area contributed by atoms with Crippen molar-refractivity contribution in [2.45, 2.75) is 71.2 Å². The van der Waals surface area contributed by atoms with E-state index in [1.54, 1.807) is 12.1 Å². The van der Waals surface area contributed by atoms with E-state index < -0.39 is 6.36 Å². The number of piperidine rings is 1. The molecule has 6 nitrogen and oxygen atoms in total. The van der Waals surface area contributed by atoms with Crippen molar-refractivity contribution >= 4 is 5.91 Å². The predicted octanol–water partition coefficient (Wildman–Crippen LogP) is 5.47. The van der Waals surface area contributed by atoms with Crippen molar-refractivity contribution in [3.63, 3.8) is 0 Å². The van der Waals surface area contributed by atoms with Crippen molar-refractivity contribution < 1.29 is 22.7 Å². The second kappa shape index (κ2) is 10.2. The van der Waals surface area contributed by atoms with E-state index in [0.717, 1.165) is 51.0 Å². The van der Waals surface area contributed by atoms with E-state index in [-0.39, 0.29) is 11.7 Å². The summed E-state index contributed by atoms with van der Waals surface area (Å²) in [6.07, 6.45) is 4.42. The molecule has 1 amide bonds. The van der Waals surface area contributed by atoms with Crippen LogP contribution >= 0.6 is 0 Å². The fourth-order valence-corrected chi connectivity index (χ4v) is 4.83. The summed E-state index contributed by atoms with van der Waals surface area (Å²) in [7, 11) is 0. The second-order valence-electron chi connectivity index (χ2n) is 9.04. The van der Waals surface area contributed by atoms with E-state index >= 15 is 0 Å². The van der Waals surface area contributed by atoms with Gasteiger partial charge in [-0.15, -0.1) is 13.2 Å². The van der Waals surface area contributed by atoms with Crippen molar-refractivity contribution in [1.82, 2.24) is 20.0 Å². The maximum Gasteiger partial charge on any atom is 0.573 e. The molecule has 1 aromatic carbocycles. The summed E-state index contributed by atoms with van der Waals surface area (Å²) in [5, 5.41) is 1.94. The van der Waals surface area contributed by atoms with Gasteiger partial charge in [0.15, 0.2) is 5.69 Å². The quantitative estimate of drug-likeness (QED) is 0.616. The van der Waals surface area contributed by atoms with E-state index in [1.165, 1.54) is 37.8 Å². The minimum Gasteiger partial charge on any atom is -0.406 e. The molecule has 1 aliphatic heterocycles. The van der Waals surface area contributed by atoms with Crippen molar-refractivity contribution in [3.8, 4) is 17.1 Å². The topological polar surface area (TPSA) is 59.4 Å².